The topological polar surface area (TPSA) is 57.6 Å². The summed E-state index contributed by atoms with van der Waals surface area (Å²) in [6, 6.07) is 8.05. The van der Waals surface area contributed by atoms with Gasteiger partial charge in [-0.05, 0) is 29.9 Å². The second-order valence-corrected chi connectivity index (χ2v) is 6.26. The molecule has 0 radical (unpaired) electrons. The zero-order chi connectivity index (χ0) is 15.0. The Kier molecular flexibility index (Phi) is 3.70. The van der Waals surface area contributed by atoms with Crippen LogP contribution in [0.2, 0.25) is 0 Å². The van der Waals surface area contributed by atoms with Crippen LogP contribution in [-0.2, 0) is 22.7 Å². The fraction of sp³-hybridized carbons (Fsp3) is 0.529. The first-order valence-corrected chi connectivity index (χ1v) is 7.68. The van der Waals surface area contributed by atoms with Crippen LogP contribution in [0.3, 0.4) is 0 Å². The number of aliphatic carboxylic acids is 1. The molecule has 1 N–H and O–H groups in total. The quantitative estimate of drug-likeness (QED) is 0.930. The maximum Gasteiger partial charge on any atom is 0.307 e. The normalized spacial score (nSPS) is 27.7. The minimum absolute atomic E-state index is 0.0227. The zero-order valence-corrected chi connectivity index (χ0v) is 12.3. The molecule has 1 aliphatic carbocycles. The van der Waals surface area contributed by atoms with Crippen LogP contribution in [0.4, 0.5) is 0 Å². The summed E-state index contributed by atoms with van der Waals surface area (Å²) in [6.07, 6.45) is 2.32. The van der Waals surface area contributed by atoms with Crippen molar-refractivity contribution in [1.82, 2.24) is 4.90 Å². The second-order valence-electron chi connectivity index (χ2n) is 6.26. The fourth-order valence-electron chi connectivity index (χ4n) is 3.75. The average Bonchev–Trinajstić information content (AvgIpc) is 3.10. The summed E-state index contributed by atoms with van der Waals surface area (Å²) in [5, 5.41) is 9.39. The van der Waals surface area contributed by atoms with Crippen LogP contribution in [0.15, 0.2) is 24.3 Å². The van der Waals surface area contributed by atoms with Crippen LogP contribution < -0.4 is 0 Å². The lowest BCUT2D eigenvalue weighted by atomic mass is 9.95. The molecule has 112 valence electrons. The van der Waals surface area contributed by atoms with Crippen LogP contribution in [0, 0.1) is 17.8 Å². The fourth-order valence-corrected chi connectivity index (χ4v) is 3.75. The Labute approximate surface area is 124 Å². The Bertz CT molecular complexity index is 544. The first-order chi connectivity index (χ1) is 10.1. The van der Waals surface area contributed by atoms with E-state index in [4.69, 9.17) is 0 Å². The van der Waals surface area contributed by atoms with Crippen LogP contribution in [0.1, 0.15) is 37.3 Å². The predicted octanol–water partition coefficient (Wildman–Crippen LogP) is 2.67. The average molecular weight is 287 g/mol. The molecule has 4 nitrogen and oxygen atoms in total. The van der Waals surface area contributed by atoms with Gasteiger partial charge in [0.05, 0.1) is 11.8 Å². The van der Waals surface area contributed by atoms with Crippen molar-refractivity contribution >= 4 is 11.9 Å². The number of nitrogens with zero attached hydrogens (tertiary/aromatic N) is 1. The molecule has 1 aromatic rings. The van der Waals surface area contributed by atoms with Crippen molar-refractivity contribution in [2.24, 2.45) is 17.8 Å². The molecule has 0 spiro atoms. The molecule has 0 bridgehead atoms. The van der Waals surface area contributed by atoms with Gasteiger partial charge in [0.1, 0.15) is 0 Å². The minimum atomic E-state index is -0.819. The van der Waals surface area contributed by atoms with Crippen LogP contribution in [0.5, 0.6) is 0 Å². The highest BCUT2D eigenvalue weighted by Gasteiger charge is 2.44. The van der Waals surface area contributed by atoms with E-state index in [-0.39, 0.29) is 11.8 Å². The van der Waals surface area contributed by atoms with Gasteiger partial charge in [0, 0.05) is 13.1 Å². The monoisotopic (exact) mass is 287 g/mol. The number of hydrogen-bond donors (Lipinski definition) is 1. The Morgan fingerprint density at radius 1 is 1.14 bits per heavy atom. The predicted molar refractivity (Wildman–Crippen MR) is 78.3 cm³/mol. The molecule has 3 unspecified atom stereocenters. The number of rotatable bonds is 3. The van der Waals surface area contributed by atoms with Crippen molar-refractivity contribution in [3.8, 4) is 0 Å². The number of amides is 1. The van der Waals surface area contributed by atoms with Crippen molar-refractivity contribution in [3.63, 3.8) is 0 Å². The summed E-state index contributed by atoms with van der Waals surface area (Å²) in [6.45, 7) is 3.31. The first-order valence-electron chi connectivity index (χ1n) is 7.68. The summed E-state index contributed by atoms with van der Waals surface area (Å²) in [7, 11) is 0. The number of carboxylic acids is 1. The van der Waals surface area contributed by atoms with Crippen LogP contribution in [-0.4, -0.2) is 21.9 Å². The maximum absolute atomic E-state index is 12.8. The van der Waals surface area contributed by atoms with E-state index < -0.39 is 11.9 Å². The molecule has 1 saturated carbocycles. The third-order valence-electron chi connectivity index (χ3n) is 5.02. The van der Waals surface area contributed by atoms with Gasteiger partial charge in [0.2, 0.25) is 5.91 Å². The molecule has 1 heterocycles. The summed E-state index contributed by atoms with van der Waals surface area (Å²) in [4.78, 5) is 26.0. The smallest absolute Gasteiger partial charge is 0.307 e. The Hall–Kier alpha value is -1.84. The zero-order valence-electron chi connectivity index (χ0n) is 12.3. The maximum atomic E-state index is 12.8. The molecular formula is C17H21NO3. The highest BCUT2D eigenvalue weighted by molar-refractivity contribution is 5.85. The summed E-state index contributed by atoms with van der Waals surface area (Å²) in [5.74, 6) is -1.28. The summed E-state index contributed by atoms with van der Waals surface area (Å²) in [5.41, 5.74) is 2.37. The van der Waals surface area contributed by atoms with E-state index >= 15 is 0 Å². The van der Waals surface area contributed by atoms with Crippen molar-refractivity contribution in [3.05, 3.63) is 35.4 Å². The number of hydrogen-bond acceptors (Lipinski definition) is 2. The second kappa shape index (κ2) is 5.51. The van der Waals surface area contributed by atoms with E-state index in [9.17, 15) is 14.7 Å². The number of fused-ring (bicyclic) bond motifs is 1. The lowest BCUT2D eigenvalue weighted by molar-refractivity contribution is -0.149. The van der Waals surface area contributed by atoms with Crippen molar-refractivity contribution in [2.75, 3.05) is 0 Å². The number of benzene rings is 1. The van der Waals surface area contributed by atoms with Gasteiger partial charge in [0.15, 0.2) is 0 Å². The Morgan fingerprint density at radius 2 is 1.71 bits per heavy atom. The molecule has 2 aliphatic rings. The standard InChI is InChI=1S/C17H21NO3/c1-2-11-7-14(15(8-11)17(20)21)16(19)18-9-12-5-3-4-6-13(12)10-18/h3-6,11,14-15H,2,7-10H2,1H3,(H,20,21). The molecule has 1 aliphatic heterocycles. The Balaban J connectivity index is 1.75. The van der Waals surface area contributed by atoms with Gasteiger partial charge in [-0.3, -0.25) is 9.59 Å². The van der Waals surface area contributed by atoms with Crippen LogP contribution in [0.25, 0.3) is 0 Å². The molecule has 1 aromatic carbocycles. The minimum Gasteiger partial charge on any atom is -0.481 e. The van der Waals surface area contributed by atoms with Gasteiger partial charge in [-0.2, -0.15) is 0 Å². The van der Waals surface area contributed by atoms with Crippen LogP contribution >= 0.6 is 0 Å². The molecule has 3 atom stereocenters. The van der Waals surface area contributed by atoms with E-state index in [1.807, 2.05) is 29.2 Å². The van der Waals surface area contributed by atoms with Crippen molar-refractivity contribution in [1.29, 1.82) is 0 Å². The largest absolute Gasteiger partial charge is 0.481 e. The van der Waals surface area contributed by atoms with Gasteiger partial charge in [0.25, 0.3) is 0 Å². The highest BCUT2D eigenvalue weighted by atomic mass is 16.4. The van der Waals surface area contributed by atoms with Gasteiger partial charge in [-0.25, -0.2) is 0 Å². The molecule has 3 rings (SSSR count). The van der Waals surface area contributed by atoms with E-state index in [0.717, 1.165) is 12.8 Å². The van der Waals surface area contributed by atoms with E-state index in [1.54, 1.807) is 0 Å². The highest BCUT2D eigenvalue weighted by Crippen LogP contribution is 2.40. The first kappa shape index (κ1) is 14.1. The molecule has 1 amide bonds. The van der Waals surface area contributed by atoms with Crippen molar-refractivity contribution < 1.29 is 14.7 Å². The van der Waals surface area contributed by atoms with E-state index in [1.165, 1.54) is 11.1 Å². The molecular weight excluding hydrogens is 266 g/mol. The van der Waals surface area contributed by atoms with Gasteiger partial charge >= 0.3 is 5.97 Å². The third kappa shape index (κ3) is 2.55. The van der Waals surface area contributed by atoms with E-state index in [2.05, 4.69) is 6.92 Å². The molecule has 4 heteroatoms. The van der Waals surface area contributed by atoms with Gasteiger partial charge in [-0.1, -0.05) is 37.6 Å². The summed E-state index contributed by atoms with van der Waals surface area (Å²) < 4.78 is 0. The molecule has 0 aromatic heterocycles. The van der Waals surface area contributed by atoms with Gasteiger partial charge < -0.3 is 10.0 Å². The number of carbonyl (C=O) groups excluding carboxylic acids is 1. The van der Waals surface area contributed by atoms with Crippen molar-refractivity contribution in [2.45, 2.75) is 39.3 Å². The summed E-state index contributed by atoms with van der Waals surface area (Å²) >= 11 is 0. The SMILES string of the molecule is CCC1CC(C(=O)O)C(C(=O)N2Cc3ccccc3C2)C1. The Morgan fingerprint density at radius 3 is 2.24 bits per heavy atom. The lowest BCUT2D eigenvalue weighted by Crippen LogP contribution is -2.36. The van der Waals surface area contributed by atoms with Gasteiger partial charge in [-0.15, -0.1) is 0 Å². The van der Waals surface area contributed by atoms with E-state index in [0.29, 0.717) is 25.4 Å². The lowest BCUT2D eigenvalue weighted by Gasteiger charge is -2.22. The molecule has 21 heavy (non-hydrogen) atoms. The number of carbonyl (C=O) groups is 2. The number of carboxylic acid groups (broad SMARTS) is 1. The third-order valence-corrected chi connectivity index (χ3v) is 5.02. The molecule has 0 saturated heterocycles. The molecule has 1 fully saturated rings.